The van der Waals surface area contributed by atoms with Crippen LogP contribution in [0, 0.1) is 15.9 Å². The number of halogens is 1. The quantitative estimate of drug-likeness (QED) is 0.600. The Morgan fingerprint density at radius 1 is 1.52 bits per heavy atom. The lowest BCUT2D eigenvalue weighted by Gasteiger charge is -2.24. The van der Waals surface area contributed by atoms with E-state index in [1.165, 1.54) is 6.92 Å². The van der Waals surface area contributed by atoms with Gasteiger partial charge in [0, 0.05) is 6.07 Å². The van der Waals surface area contributed by atoms with Crippen molar-refractivity contribution >= 4 is 21.7 Å². The number of carboxylic acids is 1. The number of hydrogen-bond donors (Lipinski definition) is 2. The van der Waals surface area contributed by atoms with Crippen LogP contribution in [0.5, 0.6) is 0 Å². The number of nitrogens with one attached hydrogen (secondary N) is 1. The molecule has 0 fully saturated rings. The molecular weight excluding hydrogens is 307 g/mol. The summed E-state index contributed by atoms with van der Waals surface area (Å²) in [6.07, 6.45) is -0.0507. The molecule has 1 rings (SSSR count). The fourth-order valence-corrected chi connectivity index (χ4v) is 2.88. The Labute approximate surface area is 119 Å². The molecule has 2 N–H and O–H groups in total. The van der Waals surface area contributed by atoms with E-state index in [9.17, 15) is 27.7 Å². The van der Waals surface area contributed by atoms with Crippen molar-refractivity contribution in [2.75, 3.05) is 0 Å². The summed E-state index contributed by atoms with van der Waals surface area (Å²) in [5, 5.41) is 19.6. The van der Waals surface area contributed by atoms with E-state index in [0.29, 0.717) is 12.1 Å². The zero-order valence-corrected chi connectivity index (χ0v) is 12.0. The van der Waals surface area contributed by atoms with Gasteiger partial charge < -0.3 is 5.11 Å². The molecule has 0 aliphatic heterocycles. The molecule has 0 aliphatic carbocycles. The standard InChI is InChI=1S/C11H13FN2O6S/c1-3-11(2,10(15)16)13-21(19,20)7-4-5-8(12)9(6-7)14(17)18/h4-6,13H,3H2,1-2H3,(H,15,16). The molecule has 0 spiro atoms. The minimum Gasteiger partial charge on any atom is -0.480 e. The van der Waals surface area contributed by atoms with E-state index in [1.54, 1.807) is 0 Å². The molecule has 116 valence electrons. The van der Waals surface area contributed by atoms with Crippen molar-refractivity contribution in [3.63, 3.8) is 0 Å². The summed E-state index contributed by atoms with van der Waals surface area (Å²) in [6, 6.07) is 1.99. The van der Waals surface area contributed by atoms with Gasteiger partial charge in [-0.15, -0.1) is 0 Å². The average Bonchev–Trinajstić information content (AvgIpc) is 2.37. The molecule has 21 heavy (non-hydrogen) atoms. The predicted octanol–water partition coefficient (Wildman–Crippen LogP) is 1.27. The maximum Gasteiger partial charge on any atom is 0.324 e. The van der Waals surface area contributed by atoms with Crippen molar-refractivity contribution in [2.45, 2.75) is 30.7 Å². The summed E-state index contributed by atoms with van der Waals surface area (Å²) < 4.78 is 39.3. The van der Waals surface area contributed by atoms with Gasteiger partial charge in [0.05, 0.1) is 9.82 Å². The average molecular weight is 320 g/mol. The maximum absolute atomic E-state index is 13.2. The topological polar surface area (TPSA) is 127 Å². The van der Waals surface area contributed by atoms with Gasteiger partial charge in [0.2, 0.25) is 15.8 Å². The first-order valence-electron chi connectivity index (χ1n) is 5.75. The lowest BCUT2D eigenvalue weighted by atomic mass is 10.0. The minimum absolute atomic E-state index is 0.0507. The summed E-state index contributed by atoms with van der Waals surface area (Å²) >= 11 is 0. The van der Waals surface area contributed by atoms with Crippen LogP contribution < -0.4 is 4.72 Å². The summed E-state index contributed by atoms with van der Waals surface area (Å²) in [4.78, 5) is 20.1. The second-order valence-electron chi connectivity index (χ2n) is 4.47. The molecule has 1 aromatic rings. The summed E-state index contributed by atoms with van der Waals surface area (Å²) in [5.41, 5.74) is -2.78. The van der Waals surface area contributed by atoms with Crippen LogP contribution in [0.1, 0.15) is 20.3 Å². The molecule has 0 radical (unpaired) electrons. The highest BCUT2D eigenvalue weighted by Gasteiger charge is 2.36. The molecular formula is C11H13FN2O6S. The number of hydrogen-bond acceptors (Lipinski definition) is 5. The van der Waals surface area contributed by atoms with E-state index in [-0.39, 0.29) is 6.42 Å². The highest BCUT2D eigenvalue weighted by molar-refractivity contribution is 7.89. The van der Waals surface area contributed by atoms with Crippen molar-refractivity contribution in [3.05, 3.63) is 34.1 Å². The number of rotatable bonds is 6. The SMILES string of the molecule is CCC(C)(NS(=O)(=O)c1ccc(F)c([N+](=O)[O-])c1)C(=O)O. The van der Waals surface area contributed by atoms with E-state index in [1.807, 2.05) is 4.72 Å². The van der Waals surface area contributed by atoms with Crippen LogP contribution in [0.2, 0.25) is 0 Å². The Bertz CT molecular complexity index is 690. The number of nitro benzene ring substituents is 1. The predicted molar refractivity (Wildman–Crippen MR) is 69.7 cm³/mol. The Morgan fingerprint density at radius 3 is 2.52 bits per heavy atom. The Balaban J connectivity index is 3.29. The molecule has 0 amide bonds. The first-order chi connectivity index (χ1) is 9.53. The Morgan fingerprint density at radius 2 is 2.10 bits per heavy atom. The van der Waals surface area contributed by atoms with E-state index in [4.69, 9.17) is 5.11 Å². The van der Waals surface area contributed by atoms with Crippen molar-refractivity contribution in [2.24, 2.45) is 0 Å². The van der Waals surface area contributed by atoms with Gasteiger partial charge in [-0.05, 0) is 25.5 Å². The maximum atomic E-state index is 13.2. The summed E-state index contributed by atoms with van der Waals surface area (Å²) in [5.74, 6) is -2.58. The van der Waals surface area contributed by atoms with Crippen LogP contribution in [-0.2, 0) is 14.8 Å². The van der Waals surface area contributed by atoms with Crippen LogP contribution in [0.25, 0.3) is 0 Å². The lowest BCUT2D eigenvalue weighted by Crippen LogP contribution is -2.51. The number of nitro groups is 1. The minimum atomic E-state index is -4.35. The highest BCUT2D eigenvalue weighted by atomic mass is 32.2. The number of nitrogens with zero attached hydrogens (tertiary/aromatic N) is 1. The van der Waals surface area contributed by atoms with Gasteiger partial charge in [-0.25, -0.2) is 8.42 Å². The van der Waals surface area contributed by atoms with Gasteiger partial charge in [0.1, 0.15) is 5.54 Å². The van der Waals surface area contributed by atoms with Gasteiger partial charge in [0.15, 0.2) is 0 Å². The summed E-state index contributed by atoms with van der Waals surface area (Å²) in [7, 11) is -4.35. The highest BCUT2D eigenvalue weighted by Crippen LogP contribution is 2.23. The molecule has 8 nitrogen and oxygen atoms in total. The fraction of sp³-hybridized carbons (Fsp3) is 0.364. The van der Waals surface area contributed by atoms with Crippen molar-refractivity contribution in [1.29, 1.82) is 0 Å². The van der Waals surface area contributed by atoms with Crippen molar-refractivity contribution in [1.82, 2.24) is 4.72 Å². The number of carbonyl (C=O) groups is 1. The second kappa shape index (κ2) is 5.74. The van der Waals surface area contributed by atoms with Gasteiger partial charge in [-0.2, -0.15) is 9.11 Å². The smallest absolute Gasteiger partial charge is 0.324 e. The Kier molecular flexibility index (Phi) is 4.64. The van der Waals surface area contributed by atoms with Crippen LogP contribution in [0.4, 0.5) is 10.1 Å². The van der Waals surface area contributed by atoms with Gasteiger partial charge in [-0.1, -0.05) is 6.92 Å². The van der Waals surface area contributed by atoms with Crippen LogP contribution in [0.15, 0.2) is 23.1 Å². The zero-order valence-electron chi connectivity index (χ0n) is 11.2. The second-order valence-corrected chi connectivity index (χ2v) is 6.15. The largest absolute Gasteiger partial charge is 0.480 e. The third-order valence-corrected chi connectivity index (χ3v) is 4.56. The monoisotopic (exact) mass is 320 g/mol. The summed E-state index contributed by atoms with van der Waals surface area (Å²) in [6.45, 7) is 2.62. The van der Waals surface area contributed by atoms with Gasteiger partial charge in [-0.3, -0.25) is 14.9 Å². The number of sulfonamides is 1. The molecule has 0 bridgehead atoms. The number of carboxylic acid groups (broad SMARTS) is 1. The molecule has 0 aromatic heterocycles. The van der Waals surface area contributed by atoms with E-state index < -0.39 is 42.9 Å². The number of aliphatic carboxylic acids is 1. The third-order valence-electron chi connectivity index (χ3n) is 2.96. The molecule has 0 aliphatic rings. The van der Waals surface area contributed by atoms with Gasteiger partial charge >= 0.3 is 11.7 Å². The first-order valence-corrected chi connectivity index (χ1v) is 7.23. The molecule has 0 saturated heterocycles. The molecule has 1 atom stereocenters. The zero-order chi connectivity index (χ0) is 16.4. The van der Waals surface area contributed by atoms with Crippen molar-refractivity contribution in [3.8, 4) is 0 Å². The van der Waals surface area contributed by atoms with Crippen molar-refractivity contribution < 1.29 is 27.6 Å². The van der Waals surface area contributed by atoms with Crippen LogP contribution >= 0.6 is 0 Å². The fourth-order valence-electron chi connectivity index (χ4n) is 1.42. The molecule has 1 unspecified atom stereocenters. The molecule has 0 saturated carbocycles. The Hall–Kier alpha value is -2.07. The molecule has 10 heteroatoms. The van der Waals surface area contributed by atoms with Crippen LogP contribution in [0.3, 0.4) is 0 Å². The first kappa shape index (κ1) is 17.0. The van der Waals surface area contributed by atoms with E-state index in [2.05, 4.69) is 0 Å². The normalized spacial score (nSPS) is 14.4. The van der Waals surface area contributed by atoms with Gasteiger partial charge in [0.25, 0.3) is 0 Å². The number of benzene rings is 1. The lowest BCUT2D eigenvalue weighted by molar-refractivity contribution is -0.387. The van der Waals surface area contributed by atoms with Crippen LogP contribution in [-0.4, -0.2) is 30.0 Å². The molecule has 0 heterocycles. The van der Waals surface area contributed by atoms with E-state index >= 15 is 0 Å². The molecule has 1 aromatic carbocycles. The van der Waals surface area contributed by atoms with E-state index in [0.717, 1.165) is 13.0 Å². The third kappa shape index (κ3) is 3.52.